The van der Waals surface area contributed by atoms with Crippen molar-refractivity contribution < 1.29 is 4.79 Å². The van der Waals surface area contributed by atoms with Gasteiger partial charge in [-0.25, -0.2) is 9.78 Å². The molecule has 122 valence electrons. The van der Waals surface area contributed by atoms with Crippen molar-refractivity contribution in [3.63, 3.8) is 0 Å². The Balaban J connectivity index is 1.55. The lowest BCUT2D eigenvalue weighted by Crippen LogP contribution is -2.28. The van der Waals surface area contributed by atoms with Crippen LogP contribution in [0.2, 0.25) is 5.02 Å². The number of nitrogens with zero attached hydrogens (tertiary/aromatic N) is 1. The summed E-state index contributed by atoms with van der Waals surface area (Å²) in [5.41, 5.74) is 3.78. The molecule has 0 bridgehead atoms. The molecule has 3 aromatic rings. The minimum atomic E-state index is -0.247. The van der Waals surface area contributed by atoms with Crippen LogP contribution in [0.4, 0.5) is 10.5 Å². The van der Waals surface area contributed by atoms with E-state index in [1.807, 2.05) is 48.7 Å². The molecule has 1 aromatic heterocycles. The first kappa shape index (κ1) is 16.5. The van der Waals surface area contributed by atoms with E-state index in [2.05, 4.69) is 15.6 Å². The van der Waals surface area contributed by atoms with Gasteiger partial charge in [0, 0.05) is 33.9 Å². The molecule has 0 radical (unpaired) electrons. The Hall–Kier alpha value is -2.37. The molecular weight excluding hydrogens is 342 g/mol. The van der Waals surface area contributed by atoms with Gasteiger partial charge in [0.25, 0.3) is 0 Å². The first-order valence-electron chi connectivity index (χ1n) is 7.42. The summed E-state index contributed by atoms with van der Waals surface area (Å²) in [6.45, 7) is 2.42. The van der Waals surface area contributed by atoms with E-state index in [0.29, 0.717) is 11.6 Å². The number of halogens is 1. The lowest BCUT2D eigenvalue weighted by atomic mass is 10.2. The van der Waals surface area contributed by atoms with E-state index in [1.165, 1.54) is 0 Å². The molecule has 0 spiro atoms. The number of carbonyl (C=O) groups is 1. The summed E-state index contributed by atoms with van der Waals surface area (Å²) in [5.74, 6) is 0. The summed E-state index contributed by atoms with van der Waals surface area (Å²) >= 11 is 7.45. The first-order valence-corrected chi connectivity index (χ1v) is 8.68. The van der Waals surface area contributed by atoms with Crippen LogP contribution < -0.4 is 10.6 Å². The van der Waals surface area contributed by atoms with Crippen LogP contribution >= 0.6 is 22.9 Å². The standard InChI is InChI=1S/C18H16ClN3OS/c1-12-11-24-17(21-12)14-4-8-16(9-5-14)22-18(23)20-10-13-2-6-15(19)7-3-13/h2-9,11H,10H2,1H3,(H2,20,22,23). The molecule has 0 aliphatic carbocycles. The van der Waals surface area contributed by atoms with Gasteiger partial charge in [-0.3, -0.25) is 0 Å². The predicted molar refractivity (Wildman–Crippen MR) is 99.6 cm³/mol. The minimum Gasteiger partial charge on any atom is -0.334 e. The molecule has 24 heavy (non-hydrogen) atoms. The molecule has 0 atom stereocenters. The molecule has 0 saturated heterocycles. The number of aryl methyl sites for hydroxylation is 1. The third-order valence-electron chi connectivity index (χ3n) is 3.38. The average molecular weight is 358 g/mol. The number of hydrogen-bond donors (Lipinski definition) is 2. The van der Waals surface area contributed by atoms with E-state index in [4.69, 9.17) is 11.6 Å². The van der Waals surface area contributed by atoms with Crippen LogP contribution in [-0.2, 0) is 6.54 Å². The van der Waals surface area contributed by atoms with Gasteiger partial charge in [-0.1, -0.05) is 23.7 Å². The van der Waals surface area contributed by atoms with Crippen molar-refractivity contribution in [2.45, 2.75) is 13.5 Å². The zero-order chi connectivity index (χ0) is 16.9. The predicted octanol–water partition coefficient (Wildman–Crippen LogP) is 5.09. The summed E-state index contributed by atoms with van der Waals surface area (Å²) in [7, 11) is 0. The van der Waals surface area contributed by atoms with Crippen LogP contribution in [0.1, 0.15) is 11.3 Å². The van der Waals surface area contributed by atoms with Gasteiger partial charge in [-0.05, 0) is 48.9 Å². The quantitative estimate of drug-likeness (QED) is 0.683. The Morgan fingerprint density at radius 2 is 1.83 bits per heavy atom. The molecule has 0 saturated carbocycles. The number of anilines is 1. The van der Waals surface area contributed by atoms with Crippen molar-refractivity contribution in [3.8, 4) is 10.6 Å². The van der Waals surface area contributed by atoms with E-state index in [9.17, 15) is 4.79 Å². The molecule has 4 nitrogen and oxygen atoms in total. The monoisotopic (exact) mass is 357 g/mol. The number of rotatable bonds is 4. The number of benzene rings is 2. The molecule has 2 N–H and O–H groups in total. The topological polar surface area (TPSA) is 54.0 Å². The molecule has 0 aliphatic rings. The SMILES string of the molecule is Cc1csc(-c2ccc(NC(=O)NCc3ccc(Cl)cc3)cc2)n1. The maximum Gasteiger partial charge on any atom is 0.319 e. The maximum atomic E-state index is 12.0. The highest BCUT2D eigenvalue weighted by molar-refractivity contribution is 7.13. The fraction of sp³-hybridized carbons (Fsp3) is 0.111. The van der Waals surface area contributed by atoms with Crippen molar-refractivity contribution in [1.29, 1.82) is 0 Å². The summed E-state index contributed by atoms with van der Waals surface area (Å²) < 4.78 is 0. The lowest BCUT2D eigenvalue weighted by Gasteiger charge is -2.08. The second kappa shape index (κ2) is 7.47. The molecule has 3 rings (SSSR count). The van der Waals surface area contributed by atoms with E-state index in [0.717, 1.165) is 27.5 Å². The number of nitrogens with one attached hydrogen (secondary N) is 2. The average Bonchev–Trinajstić information content (AvgIpc) is 3.01. The number of urea groups is 1. The highest BCUT2D eigenvalue weighted by atomic mass is 35.5. The van der Waals surface area contributed by atoms with Crippen molar-refractivity contribution in [2.24, 2.45) is 0 Å². The summed E-state index contributed by atoms with van der Waals surface area (Å²) in [6.07, 6.45) is 0. The minimum absolute atomic E-state index is 0.247. The molecular formula is C18H16ClN3OS. The van der Waals surface area contributed by atoms with E-state index >= 15 is 0 Å². The van der Waals surface area contributed by atoms with Gasteiger partial charge in [0.1, 0.15) is 5.01 Å². The summed E-state index contributed by atoms with van der Waals surface area (Å²) in [4.78, 5) is 16.4. The van der Waals surface area contributed by atoms with E-state index in [-0.39, 0.29) is 6.03 Å². The third-order valence-corrected chi connectivity index (χ3v) is 4.64. The molecule has 6 heteroatoms. The Bertz CT molecular complexity index is 828. The van der Waals surface area contributed by atoms with Crippen LogP contribution in [-0.4, -0.2) is 11.0 Å². The fourth-order valence-corrected chi connectivity index (χ4v) is 3.07. The zero-order valence-electron chi connectivity index (χ0n) is 13.0. The van der Waals surface area contributed by atoms with Crippen LogP contribution in [0.25, 0.3) is 10.6 Å². The molecule has 2 amide bonds. The molecule has 2 aromatic carbocycles. The Kier molecular flexibility index (Phi) is 5.13. The fourth-order valence-electron chi connectivity index (χ4n) is 2.14. The normalized spacial score (nSPS) is 10.4. The highest BCUT2D eigenvalue weighted by Crippen LogP contribution is 2.24. The summed E-state index contributed by atoms with van der Waals surface area (Å²) in [5, 5.41) is 9.30. The van der Waals surface area contributed by atoms with E-state index < -0.39 is 0 Å². The third kappa shape index (κ3) is 4.34. The van der Waals surface area contributed by atoms with Gasteiger partial charge >= 0.3 is 6.03 Å². The Morgan fingerprint density at radius 3 is 2.46 bits per heavy atom. The molecule has 0 fully saturated rings. The van der Waals surface area contributed by atoms with Gasteiger partial charge in [-0.15, -0.1) is 11.3 Å². The smallest absolute Gasteiger partial charge is 0.319 e. The van der Waals surface area contributed by atoms with Gasteiger partial charge in [0.15, 0.2) is 0 Å². The Labute approximate surface area is 149 Å². The highest BCUT2D eigenvalue weighted by Gasteiger charge is 2.05. The van der Waals surface area contributed by atoms with Gasteiger partial charge < -0.3 is 10.6 Å². The van der Waals surface area contributed by atoms with Crippen LogP contribution in [0.15, 0.2) is 53.9 Å². The van der Waals surface area contributed by atoms with Crippen molar-refractivity contribution in [2.75, 3.05) is 5.32 Å². The molecule has 1 heterocycles. The number of aromatic nitrogens is 1. The van der Waals surface area contributed by atoms with Crippen LogP contribution in [0.3, 0.4) is 0 Å². The lowest BCUT2D eigenvalue weighted by molar-refractivity contribution is 0.251. The van der Waals surface area contributed by atoms with Crippen molar-refractivity contribution >= 4 is 34.7 Å². The molecule has 0 unspecified atom stereocenters. The second-order valence-electron chi connectivity index (χ2n) is 5.31. The van der Waals surface area contributed by atoms with Crippen LogP contribution in [0, 0.1) is 6.92 Å². The van der Waals surface area contributed by atoms with E-state index in [1.54, 1.807) is 23.5 Å². The summed E-state index contributed by atoms with van der Waals surface area (Å²) in [6, 6.07) is 14.8. The van der Waals surface area contributed by atoms with Crippen molar-refractivity contribution in [3.05, 3.63) is 70.2 Å². The molecule has 0 aliphatic heterocycles. The van der Waals surface area contributed by atoms with Gasteiger partial charge in [0.2, 0.25) is 0 Å². The number of amides is 2. The maximum absolute atomic E-state index is 12.0. The number of hydrogen-bond acceptors (Lipinski definition) is 3. The number of carbonyl (C=O) groups excluding carboxylic acids is 1. The largest absolute Gasteiger partial charge is 0.334 e. The zero-order valence-corrected chi connectivity index (χ0v) is 14.6. The van der Waals surface area contributed by atoms with Crippen molar-refractivity contribution in [1.82, 2.24) is 10.3 Å². The first-order chi connectivity index (χ1) is 11.6. The number of thiazole rings is 1. The second-order valence-corrected chi connectivity index (χ2v) is 6.60. The van der Waals surface area contributed by atoms with Gasteiger partial charge in [-0.2, -0.15) is 0 Å². The Morgan fingerprint density at radius 1 is 1.12 bits per heavy atom. The van der Waals surface area contributed by atoms with Gasteiger partial charge in [0.05, 0.1) is 0 Å². The van der Waals surface area contributed by atoms with Crippen LogP contribution in [0.5, 0.6) is 0 Å².